The van der Waals surface area contributed by atoms with E-state index in [4.69, 9.17) is 0 Å². The van der Waals surface area contributed by atoms with Crippen molar-refractivity contribution >= 4 is 5.91 Å². The van der Waals surface area contributed by atoms with E-state index in [1.807, 2.05) is 0 Å². The molecule has 0 aromatic carbocycles. The molecule has 0 aromatic rings. The first-order chi connectivity index (χ1) is 22.7. The minimum Gasteiger partial charge on any atom is -0.356 e. The predicted octanol–water partition coefficient (Wildman–Crippen LogP) is 2.36. The Hall–Kier alpha value is -0.331. The Balaban J connectivity index is 0.00000324. The molecule has 17 atom stereocenters. The minimum absolute atomic E-state index is 0. The van der Waals surface area contributed by atoms with Crippen LogP contribution in [0.1, 0.15) is 110 Å². The van der Waals surface area contributed by atoms with Crippen molar-refractivity contribution < 1.29 is 21.9 Å². The van der Waals surface area contributed by atoms with Gasteiger partial charge in [-0.3, -0.25) is 47.3 Å². The van der Waals surface area contributed by atoms with Crippen molar-refractivity contribution in [2.75, 3.05) is 6.54 Å². The Bertz CT molecular complexity index is 1100. The Morgan fingerprint density at radius 3 is 1.15 bits per heavy atom. The van der Waals surface area contributed by atoms with E-state index in [1.54, 1.807) is 0 Å². The zero-order valence-corrected chi connectivity index (χ0v) is 29.5. The first kappa shape index (κ1) is 33.8. The molecule has 5 heterocycles. The molecule has 47 heavy (non-hydrogen) atoms. The van der Waals surface area contributed by atoms with Gasteiger partial charge in [-0.1, -0.05) is 51.9 Å². The summed E-state index contributed by atoms with van der Waals surface area (Å²) in [5.41, 5.74) is 0. The monoisotopic (exact) mass is 700 g/mol. The van der Waals surface area contributed by atoms with E-state index < -0.39 is 0 Å². The summed E-state index contributed by atoms with van der Waals surface area (Å²) in [6, 6.07) is 0. The molecule has 5 aliphatic heterocycles. The summed E-state index contributed by atoms with van der Waals surface area (Å²) < 4.78 is 0. The Kier molecular flexibility index (Phi) is 10.3. The van der Waals surface area contributed by atoms with Crippen molar-refractivity contribution in [1.29, 1.82) is 0 Å². The zero-order valence-electron chi connectivity index (χ0n) is 28.5. The van der Waals surface area contributed by atoms with Gasteiger partial charge in [0.05, 0.1) is 49.3 Å². The van der Waals surface area contributed by atoms with Gasteiger partial charge in [0.1, 0.15) is 0 Å². The molecule has 9 aliphatic rings. The quantitative estimate of drug-likeness (QED) is 0.204. The van der Waals surface area contributed by atoms with Crippen LogP contribution in [0.2, 0.25) is 0 Å². The Labute approximate surface area is 293 Å². The molecule has 0 aromatic heterocycles. The van der Waals surface area contributed by atoms with Gasteiger partial charge >= 0.3 is 0 Å². The molecule has 9 rings (SSSR count). The van der Waals surface area contributed by atoms with Gasteiger partial charge < -0.3 is 5.32 Å². The van der Waals surface area contributed by atoms with Gasteiger partial charge in [0.15, 0.2) is 0 Å². The number of hydrogen-bond acceptors (Lipinski definition) is 9. The molecule has 5 saturated heterocycles. The van der Waals surface area contributed by atoms with Gasteiger partial charge in [0.25, 0.3) is 0 Å². The normalized spacial score (nSPS) is 52.0. The number of rotatable bonds is 3. The van der Waals surface area contributed by atoms with E-state index in [2.05, 4.69) is 54.8 Å². The van der Waals surface area contributed by atoms with Gasteiger partial charge in [-0.05, 0) is 99.2 Å². The van der Waals surface area contributed by atoms with Crippen molar-refractivity contribution in [2.45, 2.75) is 159 Å². The number of amides is 1. The number of fused-ring (bicyclic) bond motifs is 20. The van der Waals surface area contributed by atoms with Crippen molar-refractivity contribution in [2.24, 2.45) is 53.3 Å². The molecule has 4 aliphatic carbocycles. The number of hydrogen-bond donors (Lipinski definition) is 9. The second-order valence-corrected chi connectivity index (χ2v) is 17.1. The van der Waals surface area contributed by atoms with Gasteiger partial charge in [0, 0.05) is 35.4 Å². The smallest absolute Gasteiger partial charge is 0.223 e. The van der Waals surface area contributed by atoms with Crippen LogP contribution in [0.4, 0.5) is 0 Å². The fourth-order valence-corrected chi connectivity index (χ4v) is 12.7. The van der Waals surface area contributed by atoms with Crippen molar-refractivity contribution in [3.05, 3.63) is 0 Å². The molecule has 0 spiro atoms. The van der Waals surface area contributed by atoms with E-state index in [-0.39, 0.29) is 47.4 Å². The summed E-state index contributed by atoms with van der Waals surface area (Å²) in [6.07, 6.45) is 22.7. The average Bonchev–Trinajstić information content (AvgIpc) is 3.83. The van der Waals surface area contributed by atoms with E-state index in [1.165, 1.54) is 83.5 Å². The minimum atomic E-state index is 0. The van der Waals surface area contributed by atoms with Gasteiger partial charge in [0.2, 0.25) is 5.91 Å². The molecular weight excluding hydrogens is 638 g/mol. The molecule has 1 amide bonds. The Morgan fingerprint density at radius 2 is 0.787 bits per heavy atom. The number of nitrogens with one attached hydrogen (secondary N) is 9. The van der Waals surface area contributed by atoms with Crippen LogP contribution >= 0.6 is 0 Å². The zero-order chi connectivity index (χ0) is 30.8. The third-order valence-electron chi connectivity index (χ3n) is 14.8. The van der Waals surface area contributed by atoms with Crippen LogP contribution in [0.3, 0.4) is 0 Å². The molecular formula is C36H63CuN9O. The summed E-state index contributed by atoms with van der Waals surface area (Å²) in [5, 5.41) is 36.9. The number of carbonyl (C=O) groups is 1. The van der Waals surface area contributed by atoms with Gasteiger partial charge in [-0.25, -0.2) is 0 Å². The van der Waals surface area contributed by atoms with E-state index in [0.717, 1.165) is 25.8 Å². The van der Waals surface area contributed by atoms with Crippen LogP contribution in [-0.2, 0) is 21.9 Å². The second kappa shape index (κ2) is 14.4. The summed E-state index contributed by atoms with van der Waals surface area (Å²) >= 11 is 0. The van der Waals surface area contributed by atoms with Crippen molar-refractivity contribution in [3.63, 3.8) is 0 Å². The number of carbonyl (C=O) groups excluding carboxylic acids is 1. The summed E-state index contributed by atoms with van der Waals surface area (Å²) in [7, 11) is 0. The molecule has 11 heteroatoms. The molecule has 4 saturated carbocycles. The van der Waals surface area contributed by atoms with Crippen molar-refractivity contribution in [1.82, 2.24) is 47.9 Å². The molecule has 269 valence electrons. The first-order valence-corrected chi connectivity index (χ1v) is 20.0. The van der Waals surface area contributed by atoms with Gasteiger partial charge in [-0.15, -0.1) is 0 Å². The molecule has 10 nitrogen and oxygen atoms in total. The van der Waals surface area contributed by atoms with Crippen molar-refractivity contribution in [3.8, 4) is 0 Å². The molecule has 1 radical (unpaired) electrons. The van der Waals surface area contributed by atoms with Crippen LogP contribution in [0.5, 0.6) is 0 Å². The second-order valence-electron chi connectivity index (χ2n) is 17.1. The maximum atomic E-state index is 13.7. The third kappa shape index (κ3) is 6.18. The summed E-state index contributed by atoms with van der Waals surface area (Å²) in [5.74, 6) is 5.10. The topological polar surface area (TPSA) is 125 Å². The standard InChI is InChI=1S/C36H63N9O.Cu/c1-2-18-37-36(46)26-17-9-16-25-27(26)35-44-33-24-15-8-7-14-23(24)31(42-33)40-29-20-11-4-3-10-19(20)28(38-29)39-30-21-12-5-6-13-22(21)32(41-30)43-34(25)45-35;/h19-35,38-45H,2-18H2,1H3,(H,37,46);. The van der Waals surface area contributed by atoms with Crippen LogP contribution in [-0.4, -0.2) is 61.8 Å². The molecule has 9 fully saturated rings. The Morgan fingerprint density at radius 1 is 0.468 bits per heavy atom. The van der Waals surface area contributed by atoms with Crippen LogP contribution < -0.4 is 47.9 Å². The summed E-state index contributed by atoms with van der Waals surface area (Å²) in [6.45, 7) is 2.94. The SMILES string of the molecule is CCCNC(=O)C1CCCC2C3NC4NC(NC5NC(NC6NC(NC(N3)C12)C1CCCCC61)C1CCCCC51)C1CCCCC41.[Cu]. The van der Waals surface area contributed by atoms with E-state index >= 15 is 0 Å². The van der Waals surface area contributed by atoms with E-state index in [9.17, 15) is 4.79 Å². The summed E-state index contributed by atoms with van der Waals surface area (Å²) in [4.78, 5) is 13.7. The van der Waals surface area contributed by atoms with Crippen LogP contribution in [0.15, 0.2) is 0 Å². The molecule has 8 bridgehead atoms. The third-order valence-corrected chi connectivity index (χ3v) is 14.8. The predicted molar refractivity (Wildman–Crippen MR) is 179 cm³/mol. The van der Waals surface area contributed by atoms with E-state index in [0.29, 0.717) is 78.2 Å². The van der Waals surface area contributed by atoms with Crippen LogP contribution in [0, 0.1) is 53.3 Å². The maximum absolute atomic E-state index is 13.7. The fraction of sp³-hybridized carbons (Fsp3) is 0.972. The van der Waals surface area contributed by atoms with Gasteiger partial charge in [-0.2, -0.15) is 0 Å². The molecule has 9 N–H and O–H groups in total. The largest absolute Gasteiger partial charge is 0.356 e. The average molecular weight is 702 g/mol. The van der Waals surface area contributed by atoms with Crippen LogP contribution in [0.25, 0.3) is 0 Å². The maximum Gasteiger partial charge on any atom is 0.223 e. The first-order valence-electron chi connectivity index (χ1n) is 20.0. The molecule has 17 unspecified atom stereocenters. The fourth-order valence-electron chi connectivity index (χ4n) is 12.7.